The van der Waals surface area contributed by atoms with E-state index in [1.165, 1.54) is 0 Å². The van der Waals surface area contributed by atoms with Gasteiger partial charge in [-0.15, -0.1) is 0 Å². The number of fused-ring (bicyclic) bond motifs is 2. The highest BCUT2D eigenvalue weighted by atomic mass is 35.5. The second-order valence-corrected chi connectivity index (χ2v) is 6.14. The van der Waals surface area contributed by atoms with Crippen molar-refractivity contribution in [3.8, 4) is 0 Å². The molecule has 0 N–H and O–H groups in total. The van der Waals surface area contributed by atoms with Crippen LogP contribution in [0.3, 0.4) is 0 Å². The van der Waals surface area contributed by atoms with Crippen molar-refractivity contribution in [1.29, 1.82) is 0 Å². The second-order valence-electron chi connectivity index (χ2n) is 5.51. The predicted octanol–water partition coefficient (Wildman–Crippen LogP) is 3.04. The van der Waals surface area contributed by atoms with E-state index in [0.29, 0.717) is 12.3 Å². The van der Waals surface area contributed by atoms with Gasteiger partial charge in [0.05, 0.1) is 5.41 Å². The van der Waals surface area contributed by atoms with Gasteiger partial charge >= 0.3 is 5.00 Å². The Balaban J connectivity index is 2.50. The summed E-state index contributed by atoms with van der Waals surface area (Å²) in [5, 5.41) is 11.1. The van der Waals surface area contributed by atoms with Gasteiger partial charge in [-0.2, -0.15) is 0 Å². The van der Waals surface area contributed by atoms with E-state index in [-0.39, 0.29) is 15.8 Å². The van der Waals surface area contributed by atoms with Crippen molar-refractivity contribution in [2.45, 2.75) is 45.0 Å². The van der Waals surface area contributed by atoms with Crippen molar-refractivity contribution >= 4 is 11.6 Å². The topological polar surface area (TPSA) is 43.1 Å². The lowest BCUT2D eigenvalue weighted by atomic mass is 9.69. The molecule has 1 unspecified atom stereocenters. The average molecular weight is 218 g/mol. The molecule has 0 aromatic carbocycles. The molecule has 4 heteroatoms. The van der Waals surface area contributed by atoms with Crippen LogP contribution >= 0.6 is 11.6 Å². The summed E-state index contributed by atoms with van der Waals surface area (Å²) in [5.74, 6) is 0.412. The zero-order valence-electron chi connectivity index (χ0n) is 8.84. The molecule has 3 atom stereocenters. The monoisotopic (exact) mass is 217 g/mol. The van der Waals surface area contributed by atoms with Gasteiger partial charge in [0.25, 0.3) is 0 Å². The molecule has 0 saturated heterocycles. The first-order valence-electron chi connectivity index (χ1n) is 5.09. The summed E-state index contributed by atoms with van der Waals surface area (Å²) in [5.41, 5.74) is -0.350. The van der Waals surface area contributed by atoms with Crippen LogP contribution < -0.4 is 0 Å². The lowest BCUT2D eigenvalue weighted by molar-refractivity contribution is -0.562. The van der Waals surface area contributed by atoms with Crippen LogP contribution in [0.25, 0.3) is 0 Å². The first-order valence-corrected chi connectivity index (χ1v) is 5.47. The van der Waals surface area contributed by atoms with Crippen LogP contribution in [0.1, 0.15) is 40.0 Å². The van der Waals surface area contributed by atoms with Gasteiger partial charge in [0.15, 0.2) is 0 Å². The first-order chi connectivity index (χ1) is 6.26. The van der Waals surface area contributed by atoms with Gasteiger partial charge in [-0.05, 0) is 35.8 Å². The Hall–Kier alpha value is -0.310. The van der Waals surface area contributed by atoms with Crippen molar-refractivity contribution < 1.29 is 4.92 Å². The molecule has 0 heterocycles. The molecular weight excluding hydrogens is 202 g/mol. The van der Waals surface area contributed by atoms with Crippen molar-refractivity contribution in [3.63, 3.8) is 0 Å². The number of rotatable bonds is 1. The SMILES string of the molecule is CC1(C)[C@H]2CC[C@]1(C)C(Cl)([N+](=O)[O-])C2. The summed E-state index contributed by atoms with van der Waals surface area (Å²) >= 11 is 6.23. The molecule has 0 spiro atoms. The maximum Gasteiger partial charge on any atom is 0.300 e. The Kier molecular flexibility index (Phi) is 1.78. The molecule has 0 aromatic rings. The van der Waals surface area contributed by atoms with E-state index in [1.807, 2.05) is 6.92 Å². The number of nitro groups is 1. The normalized spacial score (nSPS) is 49.6. The molecule has 0 radical (unpaired) electrons. The molecule has 0 aromatic heterocycles. The third kappa shape index (κ3) is 0.807. The van der Waals surface area contributed by atoms with Crippen molar-refractivity contribution in [1.82, 2.24) is 0 Å². The van der Waals surface area contributed by atoms with Crippen LogP contribution in [0.5, 0.6) is 0 Å². The molecule has 2 fully saturated rings. The van der Waals surface area contributed by atoms with Crippen LogP contribution in [-0.2, 0) is 0 Å². The predicted molar refractivity (Wildman–Crippen MR) is 54.8 cm³/mol. The minimum Gasteiger partial charge on any atom is -0.263 e. The summed E-state index contributed by atoms with van der Waals surface area (Å²) in [6.07, 6.45) is 2.51. The molecule has 3 nitrogen and oxygen atoms in total. The van der Waals surface area contributed by atoms with E-state index in [4.69, 9.17) is 11.6 Å². The Morgan fingerprint density at radius 1 is 1.43 bits per heavy atom. The van der Waals surface area contributed by atoms with Gasteiger partial charge < -0.3 is 0 Å². The number of nitrogens with zero attached hydrogens (tertiary/aromatic N) is 1. The maximum atomic E-state index is 11.1. The van der Waals surface area contributed by atoms with Gasteiger partial charge in [0, 0.05) is 11.3 Å². The van der Waals surface area contributed by atoms with Crippen LogP contribution in [0, 0.1) is 26.9 Å². The van der Waals surface area contributed by atoms with Gasteiger partial charge in [-0.1, -0.05) is 20.8 Å². The number of halogens is 1. The fourth-order valence-electron chi connectivity index (χ4n) is 3.47. The standard InChI is InChI=1S/C10H16ClNO2/c1-8(2)7-4-5-9(8,3)10(11,6-7)12(13)14/h7H,4-6H2,1-3H3/t7-,9-,10?/m0/s1. The first kappa shape index (κ1) is 10.2. The maximum absolute atomic E-state index is 11.1. The summed E-state index contributed by atoms with van der Waals surface area (Å²) < 4.78 is 0. The van der Waals surface area contributed by atoms with Crippen molar-refractivity contribution in [2.24, 2.45) is 16.7 Å². The largest absolute Gasteiger partial charge is 0.300 e. The Morgan fingerprint density at radius 3 is 2.21 bits per heavy atom. The number of hydrogen-bond acceptors (Lipinski definition) is 2. The second kappa shape index (κ2) is 2.43. The van der Waals surface area contributed by atoms with E-state index in [2.05, 4.69) is 13.8 Å². The summed E-state index contributed by atoms with van der Waals surface area (Å²) in [7, 11) is 0. The number of alkyl halides is 1. The van der Waals surface area contributed by atoms with Crippen LogP contribution in [0.2, 0.25) is 0 Å². The van der Waals surface area contributed by atoms with Crippen LogP contribution in [-0.4, -0.2) is 9.92 Å². The molecule has 2 rings (SSSR count). The summed E-state index contributed by atoms with van der Waals surface area (Å²) in [6.45, 7) is 6.23. The van der Waals surface area contributed by atoms with Gasteiger partial charge in [0.2, 0.25) is 0 Å². The Bertz CT molecular complexity index is 304. The molecule has 2 aliphatic rings. The molecule has 2 saturated carbocycles. The third-order valence-electron chi connectivity index (χ3n) is 5.09. The third-order valence-corrected chi connectivity index (χ3v) is 5.80. The smallest absolute Gasteiger partial charge is 0.263 e. The zero-order chi connectivity index (χ0) is 10.8. The van der Waals surface area contributed by atoms with E-state index >= 15 is 0 Å². The lowest BCUT2D eigenvalue weighted by Gasteiger charge is -2.38. The highest BCUT2D eigenvalue weighted by Crippen LogP contribution is 2.71. The molecule has 2 bridgehead atoms. The highest BCUT2D eigenvalue weighted by molar-refractivity contribution is 6.23. The van der Waals surface area contributed by atoms with Crippen molar-refractivity contribution in [2.75, 3.05) is 0 Å². The molecule has 0 aliphatic heterocycles. The van der Waals surface area contributed by atoms with E-state index in [1.54, 1.807) is 0 Å². The van der Waals surface area contributed by atoms with Gasteiger partial charge in [-0.25, -0.2) is 0 Å². The minimum atomic E-state index is -1.22. The minimum absolute atomic E-state index is 0.00181. The molecule has 2 aliphatic carbocycles. The number of hydrogen-bond donors (Lipinski definition) is 0. The molecule has 14 heavy (non-hydrogen) atoms. The molecular formula is C10H16ClNO2. The van der Waals surface area contributed by atoms with E-state index in [0.717, 1.165) is 12.8 Å². The lowest BCUT2D eigenvalue weighted by Crippen LogP contribution is -2.48. The molecule has 0 amide bonds. The Morgan fingerprint density at radius 2 is 2.00 bits per heavy atom. The van der Waals surface area contributed by atoms with E-state index < -0.39 is 5.00 Å². The van der Waals surface area contributed by atoms with Gasteiger partial charge in [0.1, 0.15) is 0 Å². The fourth-order valence-corrected chi connectivity index (χ4v) is 3.99. The zero-order valence-corrected chi connectivity index (χ0v) is 9.60. The summed E-state index contributed by atoms with van der Waals surface area (Å²) in [6, 6.07) is 0. The highest BCUT2D eigenvalue weighted by Gasteiger charge is 2.75. The molecule has 80 valence electrons. The summed E-state index contributed by atoms with van der Waals surface area (Å²) in [4.78, 5) is 9.59. The van der Waals surface area contributed by atoms with Crippen LogP contribution in [0.4, 0.5) is 0 Å². The Labute approximate surface area is 89.0 Å². The van der Waals surface area contributed by atoms with E-state index in [9.17, 15) is 10.1 Å². The van der Waals surface area contributed by atoms with Gasteiger partial charge in [-0.3, -0.25) is 10.1 Å². The average Bonchev–Trinajstić information content (AvgIpc) is 2.36. The van der Waals surface area contributed by atoms with Crippen LogP contribution in [0.15, 0.2) is 0 Å². The van der Waals surface area contributed by atoms with Crippen molar-refractivity contribution in [3.05, 3.63) is 10.1 Å². The fraction of sp³-hybridized carbons (Fsp3) is 1.00. The quantitative estimate of drug-likeness (QED) is 0.293.